The van der Waals surface area contributed by atoms with Crippen LogP contribution in [0.15, 0.2) is 24.3 Å². The normalized spacial score (nSPS) is 16.7. The van der Waals surface area contributed by atoms with Crippen LogP contribution in [0.3, 0.4) is 0 Å². The van der Waals surface area contributed by atoms with Crippen molar-refractivity contribution in [2.45, 2.75) is 58.9 Å². The summed E-state index contributed by atoms with van der Waals surface area (Å²) >= 11 is 0. The van der Waals surface area contributed by atoms with Crippen LogP contribution in [-0.2, 0) is 9.59 Å². The fourth-order valence-electron chi connectivity index (χ4n) is 3.53. The van der Waals surface area contributed by atoms with Gasteiger partial charge in [-0.3, -0.25) is 9.59 Å². The number of carbonyl (C=O) groups excluding carboxylic acids is 2. The second-order valence-corrected chi connectivity index (χ2v) is 7.95. The number of aryl methyl sites for hydroxylation is 1. The molecule has 0 radical (unpaired) electrons. The van der Waals surface area contributed by atoms with Gasteiger partial charge in [0.1, 0.15) is 0 Å². The fraction of sp³-hybridized carbons (Fsp3) is 0.636. The van der Waals surface area contributed by atoms with Crippen molar-refractivity contribution in [1.82, 2.24) is 15.5 Å². The average Bonchev–Trinajstić information content (AvgIpc) is 2.63. The zero-order valence-electron chi connectivity index (χ0n) is 17.1. The van der Waals surface area contributed by atoms with E-state index in [2.05, 4.69) is 22.5 Å². The first-order valence-electron chi connectivity index (χ1n) is 10.3. The van der Waals surface area contributed by atoms with Gasteiger partial charge in [0, 0.05) is 13.5 Å². The molecule has 1 saturated heterocycles. The molecule has 1 aromatic rings. The number of hydrogen-bond donors (Lipinski definition) is 2. The molecule has 0 saturated carbocycles. The maximum absolute atomic E-state index is 12.3. The van der Waals surface area contributed by atoms with E-state index < -0.39 is 0 Å². The molecule has 2 N–H and O–H groups in total. The van der Waals surface area contributed by atoms with Gasteiger partial charge in [-0.25, -0.2) is 0 Å². The lowest BCUT2D eigenvalue weighted by atomic mass is 9.99. The molecule has 150 valence electrons. The molecule has 1 fully saturated rings. The van der Waals surface area contributed by atoms with E-state index in [1.807, 2.05) is 31.2 Å². The number of amides is 2. The number of unbranched alkanes of at least 4 members (excludes halogenated alkanes) is 1. The molecule has 0 aliphatic carbocycles. The van der Waals surface area contributed by atoms with E-state index in [-0.39, 0.29) is 24.3 Å². The van der Waals surface area contributed by atoms with Crippen LogP contribution in [0.1, 0.15) is 63.1 Å². The van der Waals surface area contributed by atoms with Gasteiger partial charge in [-0.05, 0) is 63.7 Å². The number of benzene rings is 1. The van der Waals surface area contributed by atoms with Gasteiger partial charge in [0.05, 0.1) is 12.5 Å². The van der Waals surface area contributed by atoms with E-state index in [1.165, 1.54) is 32.9 Å². The van der Waals surface area contributed by atoms with Gasteiger partial charge in [0.25, 0.3) is 0 Å². The highest BCUT2D eigenvalue weighted by atomic mass is 16.2. The first-order valence-corrected chi connectivity index (χ1v) is 10.3. The summed E-state index contributed by atoms with van der Waals surface area (Å²) in [4.78, 5) is 26.3. The summed E-state index contributed by atoms with van der Waals surface area (Å²) in [5, 5.41) is 5.89. The maximum atomic E-state index is 12.3. The first kappa shape index (κ1) is 21.4. The Morgan fingerprint density at radius 3 is 2.44 bits per heavy atom. The quantitative estimate of drug-likeness (QED) is 0.654. The van der Waals surface area contributed by atoms with Crippen molar-refractivity contribution in [3.8, 4) is 0 Å². The molecular weight excluding hydrogens is 338 g/mol. The fourth-order valence-corrected chi connectivity index (χ4v) is 3.53. The summed E-state index contributed by atoms with van der Waals surface area (Å²) < 4.78 is 0. The van der Waals surface area contributed by atoms with Crippen LogP contribution < -0.4 is 10.6 Å². The third-order valence-electron chi connectivity index (χ3n) is 5.35. The van der Waals surface area contributed by atoms with E-state index >= 15 is 0 Å². The lowest BCUT2D eigenvalue weighted by molar-refractivity contribution is -0.122. The van der Waals surface area contributed by atoms with Crippen LogP contribution in [0, 0.1) is 12.8 Å². The molecule has 1 aromatic carbocycles. The molecule has 0 aromatic heterocycles. The number of piperidine rings is 1. The summed E-state index contributed by atoms with van der Waals surface area (Å²) in [5.41, 5.74) is 2.12. The molecule has 2 rings (SSSR count). The molecular formula is C22H35N3O2. The third-order valence-corrected chi connectivity index (χ3v) is 5.35. The lowest BCUT2D eigenvalue weighted by Gasteiger charge is -2.30. The Labute approximate surface area is 163 Å². The molecule has 0 bridgehead atoms. The molecule has 2 amide bonds. The molecule has 1 atom stereocenters. The zero-order valence-corrected chi connectivity index (χ0v) is 17.1. The summed E-state index contributed by atoms with van der Waals surface area (Å²) in [6, 6.07) is 7.68. The standard InChI is InChI=1S/C22H35N3O2/c1-17-6-8-20(9-7-17)21(24-19(3)26)16-22(27)23-12-4-5-13-25-14-10-18(2)11-15-25/h6-9,18,21H,4-5,10-16H2,1-3H3,(H,23,27)(H,24,26). The number of likely N-dealkylation sites (tertiary alicyclic amines) is 1. The summed E-state index contributed by atoms with van der Waals surface area (Å²) in [6.45, 7) is 10.1. The largest absolute Gasteiger partial charge is 0.356 e. The lowest BCUT2D eigenvalue weighted by Crippen LogP contribution is -2.34. The monoisotopic (exact) mass is 373 g/mol. The Hall–Kier alpha value is -1.88. The molecule has 1 aliphatic rings. The average molecular weight is 374 g/mol. The predicted molar refractivity (Wildman–Crippen MR) is 109 cm³/mol. The minimum absolute atomic E-state index is 0.0128. The highest BCUT2D eigenvalue weighted by Gasteiger charge is 2.17. The molecule has 5 heteroatoms. The van der Waals surface area contributed by atoms with Crippen LogP contribution >= 0.6 is 0 Å². The van der Waals surface area contributed by atoms with Crippen molar-refractivity contribution in [2.24, 2.45) is 5.92 Å². The van der Waals surface area contributed by atoms with E-state index in [0.717, 1.165) is 36.4 Å². The van der Waals surface area contributed by atoms with Crippen molar-refractivity contribution in [2.75, 3.05) is 26.2 Å². The predicted octanol–water partition coefficient (Wildman–Crippen LogP) is 3.19. The molecule has 5 nitrogen and oxygen atoms in total. The Morgan fingerprint density at radius 2 is 1.81 bits per heavy atom. The van der Waals surface area contributed by atoms with Crippen molar-refractivity contribution in [1.29, 1.82) is 0 Å². The highest BCUT2D eigenvalue weighted by Crippen LogP contribution is 2.18. The van der Waals surface area contributed by atoms with E-state index in [1.54, 1.807) is 0 Å². The number of hydrogen-bond acceptors (Lipinski definition) is 3. The SMILES string of the molecule is CC(=O)NC(CC(=O)NCCCCN1CCC(C)CC1)c1ccc(C)cc1. The van der Waals surface area contributed by atoms with Crippen molar-refractivity contribution >= 4 is 11.8 Å². The minimum Gasteiger partial charge on any atom is -0.356 e. The maximum Gasteiger partial charge on any atom is 0.222 e. The molecule has 27 heavy (non-hydrogen) atoms. The van der Waals surface area contributed by atoms with Crippen LogP contribution in [0.5, 0.6) is 0 Å². The molecule has 1 aliphatic heterocycles. The van der Waals surface area contributed by atoms with Crippen LogP contribution in [0.4, 0.5) is 0 Å². The smallest absolute Gasteiger partial charge is 0.222 e. The van der Waals surface area contributed by atoms with Crippen LogP contribution in [0.2, 0.25) is 0 Å². The van der Waals surface area contributed by atoms with E-state index in [4.69, 9.17) is 0 Å². The van der Waals surface area contributed by atoms with Crippen LogP contribution in [0.25, 0.3) is 0 Å². The Kier molecular flexibility index (Phi) is 8.79. The molecule has 1 heterocycles. The zero-order chi connectivity index (χ0) is 19.6. The topological polar surface area (TPSA) is 61.4 Å². The van der Waals surface area contributed by atoms with E-state index in [0.29, 0.717) is 6.54 Å². The number of nitrogens with one attached hydrogen (secondary N) is 2. The molecule has 1 unspecified atom stereocenters. The number of carbonyl (C=O) groups is 2. The van der Waals surface area contributed by atoms with Gasteiger partial charge < -0.3 is 15.5 Å². The summed E-state index contributed by atoms with van der Waals surface area (Å²) in [5.74, 6) is 0.732. The summed E-state index contributed by atoms with van der Waals surface area (Å²) in [7, 11) is 0. The second-order valence-electron chi connectivity index (χ2n) is 7.95. The Bertz CT molecular complexity index is 592. The highest BCUT2D eigenvalue weighted by molar-refractivity contribution is 5.79. The van der Waals surface area contributed by atoms with Gasteiger partial charge in [-0.15, -0.1) is 0 Å². The Morgan fingerprint density at radius 1 is 1.15 bits per heavy atom. The van der Waals surface area contributed by atoms with Gasteiger partial charge >= 0.3 is 0 Å². The van der Waals surface area contributed by atoms with Gasteiger partial charge in [0.15, 0.2) is 0 Å². The second kappa shape index (κ2) is 11.1. The van der Waals surface area contributed by atoms with Crippen molar-refractivity contribution in [3.63, 3.8) is 0 Å². The van der Waals surface area contributed by atoms with Crippen molar-refractivity contribution < 1.29 is 9.59 Å². The molecule has 0 spiro atoms. The third kappa shape index (κ3) is 8.12. The number of rotatable bonds is 9. The Balaban J connectivity index is 1.68. The van der Waals surface area contributed by atoms with Gasteiger partial charge in [-0.1, -0.05) is 36.8 Å². The first-order chi connectivity index (χ1) is 12.9. The summed E-state index contributed by atoms with van der Waals surface area (Å²) in [6.07, 6.45) is 4.99. The van der Waals surface area contributed by atoms with Crippen molar-refractivity contribution in [3.05, 3.63) is 35.4 Å². The van der Waals surface area contributed by atoms with Gasteiger partial charge in [0.2, 0.25) is 11.8 Å². The minimum atomic E-state index is -0.279. The van der Waals surface area contributed by atoms with E-state index in [9.17, 15) is 9.59 Å². The van der Waals surface area contributed by atoms with Crippen LogP contribution in [-0.4, -0.2) is 42.9 Å². The van der Waals surface area contributed by atoms with Gasteiger partial charge in [-0.2, -0.15) is 0 Å². The number of nitrogens with zero attached hydrogens (tertiary/aromatic N) is 1.